The van der Waals surface area contributed by atoms with E-state index >= 15 is 0 Å². The Morgan fingerprint density at radius 3 is 3.00 bits per heavy atom. The van der Waals surface area contributed by atoms with Gasteiger partial charge < -0.3 is 9.64 Å². The fourth-order valence-corrected chi connectivity index (χ4v) is 3.47. The quantitative estimate of drug-likeness (QED) is 0.938. The first-order valence-corrected chi connectivity index (χ1v) is 8.77. The molecule has 3 heterocycles. The van der Waals surface area contributed by atoms with Gasteiger partial charge in [-0.2, -0.15) is 16.4 Å². The molecule has 0 saturated carbocycles. The Labute approximate surface area is 140 Å². The number of aromatic nitrogens is 2. The van der Waals surface area contributed by atoms with E-state index in [1.54, 1.807) is 16.0 Å². The predicted molar refractivity (Wildman–Crippen MR) is 90.8 cm³/mol. The lowest BCUT2D eigenvalue weighted by molar-refractivity contribution is -0.0641. The highest BCUT2D eigenvalue weighted by Gasteiger charge is 2.30. The van der Waals surface area contributed by atoms with E-state index in [2.05, 4.69) is 21.9 Å². The molecule has 2 aromatic heterocycles. The molecule has 1 fully saturated rings. The Kier molecular flexibility index (Phi) is 4.68. The van der Waals surface area contributed by atoms with E-state index in [4.69, 9.17) is 4.74 Å². The first kappa shape index (κ1) is 16.0. The highest BCUT2D eigenvalue weighted by atomic mass is 32.1. The number of morpholine rings is 1. The molecule has 0 bridgehead atoms. The Morgan fingerprint density at radius 2 is 2.35 bits per heavy atom. The average Bonchev–Trinajstić information content (AvgIpc) is 3.17. The summed E-state index contributed by atoms with van der Waals surface area (Å²) >= 11 is 1.64. The van der Waals surface area contributed by atoms with E-state index in [-0.39, 0.29) is 18.2 Å². The van der Waals surface area contributed by atoms with Crippen molar-refractivity contribution in [3.05, 3.63) is 34.2 Å². The molecule has 0 spiro atoms. The zero-order valence-corrected chi connectivity index (χ0v) is 14.5. The van der Waals surface area contributed by atoms with Crippen molar-refractivity contribution < 1.29 is 9.53 Å². The number of thiophene rings is 1. The Morgan fingerprint density at radius 1 is 1.52 bits per heavy atom. The van der Waals surface area contributed by atoms with Crippen LogP contribution in [0.3, 0.4) is 0 Å². The molecule has 0 radical (unpaired) electrons. The lowest BCUT2D eigenvalue weighted by Gasteiger charge is -2.36. The minimum Gasteiger partial charge on any atom is -0.367 e. The van der Waals surface area contributed by atoms with E-state index in [9.17, 15) is 4.79 Å². The minimum atomic E-state index is -0.106. The number of ether oxygens (including phenoxy) is 1. The van der Waals surface area contributed by atoms with Gasteiger partial charge in [0.15, 0.2) is 0 Å². The van der Waals surface area contributed by atoms with Crippen LogP contribution in [0.1, 0.15) is 31.2 Å². The molecule has 2 atom stereocenters. The third-order valence-electron chi connectivity index (χ3n) is 3.99. The second-order valence-corrected chi connectivity index (χ2v) is 6.61. The van der Waals surface area contributed by atoms with Crippen LogP contribution in [0.4, 0.5) is 10.6 Å². The molecule has 2 aromatic rings. The second-order valence-electron chi connectivity index (χ2n) is 5.83. The predicted octanol–water partition coefficient (Wildman–Crippen LogP) is 3.04. The SMILES string of the molecule is CCc1cc(NC(=O)N2C[C@@H](c3ccsc3)O[C@@H](C)C2)n(C)n1. The van der Waals surface area contributed by atoms with Crippen molar-refractivity contribution in [2.75, 3.05) is 18.4 Å². The molecular formula is C16H22N4O2S. The van der Waals surface area contributed by atoms with Gasteiger partial charge in [-0.25, -0.2) is 4.79 Å². The first-order valence-electron chi connectivity index (χ1n) is 7.83. The summed E-state index contributed by atoms with van der Waals surface area (Å²) in [6, 6.07) is 3.86. The number of carbonyl (C=O) groups is 1. The molecule has 3 rings (SSSR count). The summed E-state index contributed by atoms with van der Waals surface area (Å²) in [7, 11) is 1.84. The molecule has 23 heavy (non-hydrogen) atoms. The van der Waals surface area contributed by atoms with E-state index in [1.165, 1.54) is 0 Å². The smallest absolute Gasteiger partial charge is 0.323 e. The van der Waals surface area contributed by atoms with Crippen molar-refractivity contribution >= 4 is 23.2 Å². The number of nitrogens with zero attached hydrogens (tertiary/aromatic N) is 3. The van der Waals surface area contributed by atoms with Crippen molar-refractivity contribution in [3.8, 4) is 0 Å². The summed E-state index contributed by atoms with van der Waals surface area (Å²) in [5.41, 5.74) is 2.10. The molecule has 1 aliphatic rings. The summed E-state index contributed by atoms with van der Waals surface area (Å²) in [6.07, 6.45) is 0.795. The van der Waals surface area contributed by atoms with E-state index in [0.717, 1.165) is 23.5 Å². The summed E-state index contributed by atoms with van der Waals surface area (Å²) in [6.45, 7) is 5.19. The summed E-state index contributed by atoms with van der Waals surface area (Å²) in [4.78, 5) is 14.4. The number of rotatable bonds is 3. The minimum absolute atomic E-state index is 0.0112. The van der Waals surface area contributed by atoms with Crippen LogP contribution in [0.15, 0.2) is 22.9 Å². The van der Waals surface area contributed by atoms with Crippen LogP contribution in [0.5, 0.6) is 0 Å². The Bertz CT molecular complexity index is 668. The van der Waals surface area contributed by atoms with E-state index < -0.39 is 0 Å². The average molecular weight is 334 g/mol. The van der Waals surface area contributed by atoms with Gasteiger partial charge >= 0.3 is 6.03 Å². The molecule has 124 valence electrons. The van der Waals surface area contributed by atoms with Crippen LogP contribution < -0.4 is 5.32 Å². The summed E-state index contributed by atoms with van der Waals surface area (Å²) in [5.74, 6) is 0.720. The monoisotopic (exact) mass is 334 g/mol. The molecule has 1 aliphatic heterocycles. The Balaban J connectivity index is 1.69. The zero-order valence-electron chi connectivity index (χ0n) is 13.7. The van der Waals surface area contributed by atoms with Crippen LogP contribution in [0, 0.1) is 0 Å². The van der Waals surface area contributed by atoms with Gasteiger partial charge in [-0.1, -0.05) is 6.92 Å². The van der Waals surface area contributed by atoms with Crippen LogP contribution in [-0.2, 0) is 18.2 Å². The molecule has 7 heteroatoms. The fourth-order valence-electron chi connectivity index (χ4n) is 2.76. The fraction of sp³-hybridized carbons (Fsp3) is 0.500. The van der Waals surface area contributed by atoms with Gasteiger partial charge in [0.2, 0.25) is 0 Å². The molecule has 2 amide bonds. The third kappa shape index (κ3) is 3.56. The number of nitrogens with one attached hydrogen (secondary N) is 1. The lowest BCUT2D eigenvalue weighted by Crippen LogP contribution is -2.47. The number of carbonyl (C=O) groups excluding carboxylic acids is 1. The highest BCUT2D eigenvalue weighted by molar-refractivity contribution is 7.07. The highest BCUT2D eigenvalue weighted by Crippen LogP contribution is 2.27. The van der Waals surface area contributed by atoms with Gasteiger partial charge in [-0.15, -0.1) is 0 Å². The summed E-state index contributed by atoms with van der Waals surface area (Å²) < 4.78 is 7.68. The number of aryl methyl sites for hydroxylation is 2. The Hall–Kier alpha value is -1.86. The number of anilines is 1. The maximum atomic E-state index is 12.6. The third-order valence-corrected chi connectivity index (χ3v) is 4.69. The van der Waals surface area contributed by atoms with Crippen LogP contribution in [0.25, 0.3) is 0 Å². The largest absolute Gasteiger partial charge is 0.367 e. The maximum absolute atomic E-state index is 12.6. The normalized spacial score (nSPS) is 21.4. The van der Waals surface area contributed by atoms with Crippen LogP contribution >= 0.6 is 11.3 Å². The lowest BCUT2D eigenvalue weighted by atomic mass is 10.1. The number of hydrogen-bond donors (Lipinski definition) is 1. The molecule has 1 N–H and O–H groups in total. The van der Waals surface area contributed by atoms with Crippen molar-refractivity contribution in [2.24, 2.45) is 7.05 Å². The summed E-state index contributed by atoms with van der Waals surface area (Å²) in [5, 5.41) is 11.4. The van der Waals surface area contributed by atoms with Crippen molar-refractivity contribution in [1.29, 1.82) is 0 Å². The van der Waals surface area contributed by atoms with Gasteiger partial charge in [-0.05, 0) is 35.7 Å². The number of amides is 2. The first-order chi connectivity index (χ1) is 11.1. The molecule has 0 aromatic carbocycles. The van der Waals surface area contributed by atoms with E-state index in [0.29, 0.717) is 13.1 Å². The second kappa shape index (κ2) is 6.72. The van der Waals surface area contributed by atoms with Gasteiger partial charge in [0.1, 0.15) is 11.9 Å². The van der Waals surface area contributed by atoms with Crippen molar-refractivity contribution in [1.82, 2.24) is 14.7 Å². The maximum Gasteiger partial charge on any atom is 0.323 e. The molecule has 0 unspecified atom stereocenters. The topological polar surface area (TPSA) is 59.4 Å². The van der Waals surface area contributed by atoms with Gasteiger partial charge in [0.05, 0.1) is 18.3 Å². The van der Waals surface area contributed by atoms with Gasteiger partial charge in [-0.3, -0.25) is 10.00 Å². The van der Waals surface area contributed by atoms with Crippen LogP contribution in [0.2, 0.25) is 0 Å². The van der Waals surface area contributed by atoms with Crippen molar-refractivity contribution in [2.45, 2.75) is 32.5 Å². The van der Waals surface area contributed by atoms with Gasteiger partial charge in [0, 0.05) is 19.7 Å². The molecular weight excluding hydrogens is 312 g/mol. The van der Waals surface area contributed by atoms with Gasteiger partial charge in [0.25, 0.3) is 0 Å². The molecule has 1 saturated heterocycles. The molecule has 6 nitrogen and oxygen atoms in total. The van der Waals surface area contributed by atoms with E-state index in [1.807, 2.05) is 37.2 Å². The standard InChI is InChI=1S/C16H22N4O2S/c1-4-13-7-15(19(3)18-13)17-16(21)20-8-11(2)22-14(9-20)12-5-6-23-10-12/h5-7,10-11,14H,4,8-9H2,1-3H3,(H,17,21)/t11-,14-/m0/s1. The van der Waals surface area contributed by atoms with Crippen LogP contribution in [-0.4, -0.2) is 39.9 Å². The molecule has 0 aliphatic carbocycles. The zero-order chi connectivity index (χ0) is 16.4. The number of hydrogen-bond acceptors (Lipinski definition) is 4. The number of urea groups is 1. The van der Waals surface area contributed by atoms with Crippen molar-refractivity contribution in [3.63, 3.8) is 0 Å².